The number of aromatic nitrogens is 2. The molecule has 3 rings (SSSR count). The van der Waals surface area contributed by atoms with Crippen LogP contribution in [-0.4, -0.2) is 31.3 Å². The number of fused-ring (bicyclic) bond motifs is 1. The van der Waals surface area contributed by atoms with E-state index in [9.17, 15) is 0 Å². The Hall–Kier alpha value is -2.54. The summed E-state index contributed by atoms with van der Waals surface area (Å²) in [5.74, 6) is 2.30. The zero-order valence-corrected chi connectivity index (χ0v) is 13.1. The van der Waals surface area contributed by atoms with Crippen LogP contribution in [0.1, 0.15) is 0 Å². The molecule has 2 aromatic heterocycles. The van der Waals surface area contributed by atoms with Crippen molar-refractivity contribution in [2.24, 2.45) is 0 Å². The summed E-state index contributed by atoms with van der Waals surface area (Å²) < 4.78 is 21.7. The second kappa shape index (κ2) is 6.07. The van der Waals surface area contributed by atoms with Gasteiger partial charge in [0.2, 0.25) is 10.9 Å². The number of ether oxygens (including phenoxy) is 4. The number of thiophene rings is 1. The van der Waals surface area contributed by atoms with E-state index in [-0.39, 0.29) is 0 Å². The third-order valence-corrected chi connectivity index (χ3v) is 3.88. The summed E-state index contributed by atoms with van der Waals surface area (Å²) in [5.41, 5.74) is 0.707. The largest absolute Gasteiger partial charge is 0.493 e. The first-order valence-corrected chi connectivity index (χ1v) is 7.31. The Kier molecular flexibility index (Phi) is 3.97. The molecule has 1 aromatic carbocycles. The standard InChI is InChI=1S/C15H14N2O4S/c1-18-11-4-5-22-15(11)21-14-9-6-12(19-2)13(20-3)7-10(9)16-8-17-14/h4-8H,1-3H3. The van der Waals surface area contributed by atoms with E-state index < -0.39 is 0 Å². The molecule has 0 saturated heterocycles. The van der Waals surface area contributed by atoms with Gasteiger partial charge in [0.1, 0.15) is 6.33 Å². The molecule has 0 spiro atoms. The number of benzene rings is 1. The first-order valence-electron chi connectivity index (χ1n) is 6.43. The smallest absolute Gasteiger partial charge is 0.231 e. The van der Waals surface area contributed by atoms with Gasteiger partial charge in [-0.3, -0.25) is 0 Å². The average molecular weight is 318 g/mol. The molecule has 3 aromatic rings. The van der Waals surface area contributed by atoms with Gasteiger partial charge in [-0.2, -0.15) is 0 Å². The van der Waals surface area contributed by atoms with E-state index in [0.29, 0.717) is 33.7 Å². The molecule has 0 unspecified atom stereocenters. The molecular formula is C15H14N2O4S. The van der Waals surface area contributed by atoms with Crippen LogP contribution in [0.3, 0.4) is 0 Å². The molecule has 114 valence electrons. The highest BCUT2D eigenvalue weighted by atomic mass is 32.1. The Labute approximate surface area is 131 Å². The fourth-order valence-electron chi connectivity index (χ4n) is 2.04. The quantitative estimate of drug-likeness (QED) is 0.717. The van der Waals surface area contributed by atoms with Gasteiger partial charge in [-0.1, -0.05) is 0 Å². The van der Waals surface area contributed by atoms with Crippen molar-refractivity contribution in [2.45, 2.75) is 0 Å². The van der Waals surface area contributed by atoms with Crippen LogP contribution >= 0.6 is 11.3 Å². The van der Waals surface area contributed by atoms with Gasteiger partial charge in [-0.25, -0.2) is 9.97 Å². The third kappa shape index (κ3) is 2.50. The van der Waals surface area contributed by atoms with E-state index in [2.05, 4.69) is 9.97 Å². The molecule has 0 aliphatic carbocycles. The molecule has 0 aliphatic rings. The lowest BCUT2D eigenvalue weighted by atomic mass is 10.2. The zero-order chi connectivity index (χ0) is 15.5. The molecule has 0 radical (unpaired) electrons. The van der Waals surface area contributed by atoms with Crippen LogP contribution < -0.4 is 18.9 Å². The zero-order valence-electron chi connectivity index (χ0n) is 12.3. The van der Waals surface area contributed by atoms with Gasteiger partial charge >= 0.3 is 0 Å². The predicted octanol–water partition coefficient (Wildman–Crippen LogP) is 3.51. The topological polar surface area (TPSA) is 62.7 Å². The van der Waals surface area contributed by atoms with E-state index in [4.69, 9.17) is 18.9 Å². The number of methoxy groups -OCH3 is 3. The highest BCUT2D eigenvalue weighted by Crippen LogP contribution is 2.40. The maximum absolute atomic E-state index is 5.87. The Balaban J connectivity index is 2.10. The normalized spacial score (nSPS) is 10.5. The predicted molar refractivity (Wildman–Crippen MR) is 83.6 cm³/mol. The van der Waals surface area contributed by atoms with Crippen molar-refractivity contribution >= 4 is 22.2 Å². The Morgan fingerprint density at radius 2 is 1.64 bits per heavy atom. The molecule has 7 heteroatoms. The van der Waals surface area contributed by atoms with Crippen LogP contribution in [0.2, 0.25) is 0 Å². The van der Waals surface area contributed by atoms with E-state index in [1.807, 2.05) is 11.4 Å². The molecule has 0 N–H and O–H groups in total. The second-order valence-electron chi connectivity index (χ2n) is 4.28. The third-order valence-electron chi connectivity index (χ3n) is 3.11. The minimum atomic E-state index is 0.437. The van der Waals surface area contributed by atoms with Gasteiger partial charge < -0.3 is 18.9 Å². The van der Waals surface area contributed by atoms with Gasteiger partial charge in [-0.05, 0) is 17.5 Å². The van der Waals surface area contributed by atoms with Crippen molar-refractivity contribution < 1.29 is 18.9 Å². The number of hydrogen-bond acceptors (Lipinski definition) is 7. The van der Waals surface area contributed by atoms with Crippen molar-refractivity contribution in [1.29, 1.82) is 0 Å². The Morgan fingerprint density at radius 1 is 0.909 bits per heavy atom. The molecule has 0 fully saturated rings. The fourth-order valence-corrected chi connectivity index (χ4v) is 2.75. The first kappa shape index (κ1) is 14.4. The molecule has 22 heavy (non-hydrogen) atoms. The monoisotopic (exact) mass is 318 g/mol. The van der Waals surface area contributed by atoms with Gasteiger partial charge in [0.05, 0.1) is 32.2 Å². The molecular weight excluding hydrogens is 304 g/mol. The molecule has 0 amide bonds. The average Bonchev–Trinajstić information content (AvgIpc) is 3.01. The number of hydrogen-bond donors (Lipinski definition) is 0. The van der Waals surface area contributed by atoms with E-state index in [1.165, 1.54) is 17.7 Å². The fraction of sp³-hybridized carbons (Fsp3) is 0.200. The van der Waals surface area contributed by atoms with Gasteiger partial charge in [0.25, 0.3) is 0 Å². The van der Waals surface area contributed by atoms with E-state index in [1.54, 1.807) is 33.5 Å². The molecule has 0 aliphatic heterocycles. The number of rotatable bonds is 5. The summed E-state index contributed by atoms with van der Waals surface area (Å²) in [6, 6.07) is 5.42. The summed E-state index contributed by atoms with van der Waals surface area (Å²) >= 11 is 1.43. The lowest BCUT2D eigenvalue weighted by Gasteiger charge is -2.11. The molecule has 2 heterocycles. The SMILES string of the molecule is COc1cc2ncnc(Oc3sccc3OC)c2cc1OC. The Bertz CT molecular complexity index is 803. The Morgan fingerprint density at radius 3 is 2.36 bits per heavy atom. The molecule has 0 saturated carbocycles. The van der Waals surface area contributed by atoms with Crippen LogP contribution in [0.4, 0.5) is 0 Å². The second-order valence-corrected chi connectivity index (χ2v) is 5.16. The van der Waals surface area contributed by atoms with Gasteiger partial charge in [-0.15, -0.1) is 11.3 Å². The summed E-state index contributed by atoms with van der Waals surface area (Å²) in [6.07, 6.45) is 1.45. The van der Waals surface area contributed by atoms with Crippen LogP contribution in [0.25, 0.3) is 10.9 Å². The van der Waals surface area contributed by atoms with Crippen LogP contribution in [0.15, 0.2) is 29.9 Å². The van der Waals surface area contributed by atoms with Crippen molar-refractivity contribution in [3.63, 3.8) is 0 Å². The number of nitrogens with zero attached hydrogens (tertiary/aromatic N) is 2. The van der Waals surface area contributed by atoms with E-state index in [0.717, 1.165) is 5.39 Å². The van der Waals surface area contributed by atoms with Crippen molar-refractivity contribution in [2.75, 3.05) is 21.3 Å². The lowest BCUT2D eigenvalue weighted by Crippen LogP contribution is -1.95. The highest BCUT2D eigenvalue weighted by Gasteiger charge is 2.14. The first-order chi connectivity index (χ1) is 10.8. The maximum atomic E-state index is 5.87. The van der Waals surface area contributed by atoms with Crippen molar-refractivity contribution in [1.82, 2.24) is 9.97 Å². The van der Waals surface area contributed by atoms with E-state index >= 15 is 0 Å². The van der Waals surface area contributed by atoms with Crippen LogP contribution in [0.5, 0.6) is 28.2 Å². The molecule has 0 atom stereocenters. The van der Waals surface area contributed by atoms with Crippen LogP contribution in [-0.2, 0) is 0 Å². The summed E-state index contributed by atoms with van der Waals surface area (Å²) in [7, 11) is 4.76. The maximum Gasteiger partial charge on any atom is 0.231 e. The lowest BCUT2D eigenvalue weighted by molar-refractivity contribution is 0.355. The van der Waals surface area contributed by atoms with Crippen LogP contribution in [0, 0.1) is 0 Å². The molecule has 6 nitrogen and oxygen atoms in total. The minimum Gasteiger partial charge on any atom is -0.493 e. The van der Waals surface area contributed by atoms with Crippen molar-refractivity contribution in [3.05, 3.63) is 29.9 Å². The van der Waals surface area contributed by atoms with Gasteiger partial charge in [0, 0.05) is 6.07 Å². The highest BCUT2D eigenvalue weighted by molar-refractivity contribution is 7.12. The summed E-state index contributed by atoms with van der Waals surface area (Å²) in [4.78, 5) is 8.45. The summed E-state index contributed by atoms with van der Waals surface area (Å²) in [6.45, 7) is 0. The van der Waals surface area contributed by atoms with Gasteiger partial charge in [0.15, 0.2) is 17.2 Å². The summed E-state index contributed by atoms with van der Waals surface area (Å²) in [5, 5.41) is 3.26. The van der Waals surface area contributed by atoms with Crippen molar-refractivity contribution in [3.8, 4) is 28.2 Å². The molecule has 0 bridgehead atoms. The minimum absolute atomic E-state index is 0.437.